The van der Waals surface area contributed by atoms with E-state index in [9.17, 15) is 0 Å². The monoisotopic (exact) mass is 146 g/mol. The Morgan fingerprint density at radius 1 is 1.22 bits per heavy atom. The van der Waals surface area contributed by atoms with Gasteiger partial charge in [-0.2, -0.15) is 0 Å². The molecule has 0 aliphatic heterocycles. The van der Waals surface area contributed by atoms with Crippen LogP contribution in [0, 0.1) is 5.92 Å². The summed E-state index contributed by atoms with van der Waals surface area (Å²) in [6.45, 7) is 0. The van der Waals surface area contributed by atoms with Crippen LogP contribution in [0.25, 0.3) is 0 Å². The molecule has 0 bridgehead atoms. The fourth-order valence-corrected chi connectivity index (χ4v) is 1.73. The standard InChI is InChI=1S/C7H14OS/c8-7(9)6-4-2-1-3-5-6/h6-9H,1-5H2. The second kappa shape index (κ2) is 3.47. The van der Waals surface area contributed by atoms with E-state index in [1.54, 1.807) is 0 Å². The third kappa shape index (κ3) is 2.18. The lowest BCUT2D eigenvalue weighted by Crippen LogP contribution is -2.17. The second-order valence-electron chi connectivity index (χ2n) is 2.81. The molecule has 1 aliphatic rings. The van der Waals surface area contributed by atoms with E-state index in [4.69, 9.17) is 5.11 Å². The lowest BCUT2D eigenvalue weighted by molar-refractivity contribution is 0.161. The van der Waals surface area contributed by atoms with Crippen LogP contribution in [0.15, 0.2) is 0 Å². The van der Waals surface area contributed by atoms with Gasteiger partial charge < -0.3 is 5.11 Å². The van der Waals surface area contributed by atoms with E-state index in [1.165, 1.54) is 32.1 Å². The van der Waals surface area contributed by atoms with Gasteiger partial charge in [-0.1, -0.05) is 19.3 Å². The van der Waals surface area contributed by atoms with Crippen molar-refractivity contribution in [1.82, 2.24) is 0 Å². The average molecular weight is 146 g/mol. The first-order valence-corrected chi connectivity index (χ1v) is 4.18. The predicted molar refractivity (Wildman–Crippen MR) is 41.6 cm³/mol. The largest absolute Gasteiger partial charge is 0.382 e. The maximum atomic E-state index is 9.04. The van der Waals surface area contributed by atoms with Crippen LogP contribution in [0.1, 0.15) is 32.1 Å². The number of aliphatic hydroxyl groups excluding tert-OH is 1. The Morgan fingerprint density at radius 3 is 2.11 bits per heavy atom. The summed E-state index contributed by atoms with van der Waals surface area (Å²) < 4.78 is 0. The molecule has 0 amide bonds. The van der Waals surface area contributed by atoms with Crippen molar-refractivity contribution in [3.05, 3.63) is 0 Å². The Morgan fingerprint density at radius 2 is 1.78 bits per heavy atom. The van der Waals surface area contributed by atoms with Crippen molar-refractivity contribution in [2.75, 3.05) is 0 Å². The molecular weight excluding hydrogens is 132 g/mol. The van der Waals surface area contributed by atoms with Crippen LogP contribution in [0.2, 0.25) is 0 Å². The number of hydrogen-bond donors (Lipinski definition) is 2. The van der Waals surface area contributed by atoms with Gasteiger partial charge in [0.25, 0.3) is 0 Å². The summed E-state index contributed by atoms with van der Waals surface area (Å²) in [6.07, 6.45) is 6.25. The molecule has 1 aliphatic carbocycles. The number of aliphatic hydroxyl groups is 1. The second-order valence-corrected chi connectivity index (χ2v) is 3.34. The van der Waals surface area contributed by atoms with Gasteiger partial charge in [-0.05, 0) is 18.8 Å². The average Bonchev–Trinajstić information content (AvgIpc) is 1.90. The predicted octanol–water partition coefficient (Wildman–Crippen LogP) is 1.81. The molecular formula is C7H14OS. The zero-order valence-electron chi connectivity index (χ0n) is 5.58. The van der Waals surface area contributed by atoms with E-state index < -0.39 is 0 Å². The van der Waals surface area contributed by atoms with Crippen molar-refractivity contribution >= 4 is 12.6 Å². The van der Waals surface area contributed by atoms with Gasteiger partial charge in [-0.15, -0.1) is 12.6 Å². The smallest absolute Gasteiger partial charge is 0.0992 e. The Hall–Kier alpha value is 0.310. The van der Waals surface area contributed by atoms with E-state index in [0.29, 0.717) is 5.92 Å². The fraction of sp³-hybridized carbons (Fsp3) is 1.00. The molecule has 0 saturated heterocycles. The van der Waals surface area contributed by atoms with Gasteiger partial charge in [0, 0.05) is 0 Å². The summed E-state index contributed by atoms with van der Waals surface area (Å²) in [5, 5.41) is 9.04. The summed E-state index contributed by atoms with van der Waals surface area (Å²) in [6, 6.07) is 0. The molecule has 1 unspecified atom stereocenters. The first-order chi connectivity index (χ1) is 4.30. The topological polar surface area (TPSA) is 20.2 Å². The van der Waals surface area contributed by atoms with Gasteiger partial charge in [0.05, 0.1) is 5.44 Å². The minimum atomic E-state index is -0.370. The van der Waals surface area contributed by atoms with Gasteiger partial charge in [0.15, 0.2) is 0 Å². The molecule has 0 aromatic carbocycles. The molecule has 9 heavy (non-hydrogen) atoms. The van der Waals surface area contributed by atoms with Crippen LogP contribution < -0.4 is 0 Å². The van der Waals surface area contributed by atoms with Gasteiger partial charge in [0.1, 0.15) is 0 Å². The van der Waals surface area contributed by atoms with Gasteiger partial charge in [0.2, 0.25) is 0 Å². The van der Waals surface area contributed by atoms with E-state index in [0.717, 1.165) is 0 Å². The van der Waals surface area contributed by atoms with E-state index >= 15 is 0 Å². The van der Waals surface area contributed by atoms with Crippen molar-refractivity contribution in [3.63, 3.8) is 0 Å². The van der Waals surface area contributed by atoms with Crippen molar-refractivity contribution < 1.29 is 5.11 Å². The van der Waals surface area contributed by atoms with Crippen molar-refractivity contribution in [2.45, 2.75) is 37.5 Å². The SMILES string of the molecule is OC(S)C1CCCCC1. The molecule has 2 heteroatoms. The van der Waals surface area contributed by atoms with Crippen molar-refractivity contribution in [3.8, 4) is 0 Å². The van der Waals surface area contributed by atoms with Crippen LogP contribution in [-0.4, -0.2) is 10.5 Å². The molecule has 1 nitrogen and oxygen atoms in total. The molecule has 0 aromatic heterocycles. The molecule has 1 N–H and O–H groups in total. The van der Waals surface area contributed by atoms with Gasteiger partial charge in [-0.3, -0.25) is 0 Å². The van der Waals surface area contributed by atoms with Crippen LogP contribution in [0.4, 0.5) is 0 Å². The van der Waals surface area contributed by atoms with Crippen LogP contribution in [0.5, 0.6) is 0 Å². The maximum Gasteiger partial charge on any atom is 0.0992 e. The van der Waals surface area contributed by atoms with Crippen LogP contribution >= 0.6 is 12.6 Å². The summed E-state index contributed by atoms with van der Waals surface area (Å²) in [5.74, 6) is 0.474. The van der Waals surface area contributed by atoms with Crippen LogP contribution in [-0.2, 0) is 0 Å². The molecule has 1 atom stereocenters. The molecule has 1 saturated carbocycles. The molecule has 0 radical (unpaired) electrons. The van der Waals surface area contributed by atoms with Crippen molar-refractivity contribution in [2.24, 2.45) is 5.92 Å². The Balaban J connectivity index is 2.23. The number of rotatable bonds is 1. The third-order valence-corrected chi connectivity index (χ3v) is 2.49. The molecule has 54 valence electrons. The molecule has 1 fully saturated rings. The Bertz CT molecular complexity index is 77.0. The summed E-state index contributed by atoms with van der Waals surface area (Å²) >= 11 is 4.00. The van der Waals surface area contributed by atoms with Crippen molar-refractivity contribution in [1.29, 1.82) is 0 Å². The summed E-state index contributed by atoms with van der Waals surface area (Å²) in [4.78, 5) is 0. The van der Waals surface area contributed by atoms with E-state index in [-0.39, 0.29) is 5.44 Å². The Labute approximate surface area is 61.9 Å². The molecule has 0 spiro atoms. The lowest BCUT2D eigenvalue weighted by atomic mass is 9.90. The minimum absolute atomic E-state index is 0.370. The third-order valence-electron chi connectivity index (χ3n) is 2.07. The summed E-state index contributed by atoms with van der Waals surface area (Å²) in [5.41, 5.74) is -0.370. The quantitative estimate of drug-likeness (QED) is 0.427. The first-order valence-electron chi connectivity index (χ1n) is 3.67. The normalized spacial score (nSPS) is 26.0. The molecule has 0 aromatic rings. The fourth-order valence-electron chi connectivity index (χ4n) is 1.43. The highest BCUT2D eigenvalue weighted by molar-refractivity contribution is 7.80. The minimum Gasteiger partial charge on any atom is -0.382 e. The number of hydrogen-bond acceptors (Lipinski definition) is 2. The maximum absolute atomic E-state index is 9.04. The van der Waals surface area contributed by atoms with E-state index in [1.807, 2.05) is 0 Å². The zero-order valence-corrected chi connectivity index (χ0v) is 6.48. The first kappa shape index (κ1) is 7.42. The highest BCUT2D eigenvalue weighted by Gasteiger charge is 2.17. The molecule has 1 rings (SSSR count). The van der Waals surface area contributed by atoms with Crippen LogP contribution in [0.3, 0.4) is 0 Å². The summed E-state index contributed by atoms with van der Waals surface area (Å²) in [7, 11) is 0. The van der Waals surface area contributed by atoms with Gasteiger partial charge in [-0.25, -0.2) is 0 Å². The highest BCUT2D eigenvalue weighted by Crippen LogP contribution is 2.27. The lowest BCUT2D eigenvalue weighted by Gasteiger charge is -2.22. The van der Waals surface area contributed by atoms with E-state index in [2.05, 4.69) is 12.6 Å². The number of thiol groups is 1. The van der Waals surface area contributed by atoms with Gasteiger partial charge >= 0.3 is 0 Å². The highest BCUT2D eigenvalue weighted by atomic mass is 32.1. The zero-order chi connectivity index (χ0) is 6.69. The Kier molecular flexibility index (Phi) is 2.86. The molecule has 0 heterocycles.